The second-order valence-corrected chi connectivity index (χ2v) is 13.9. The number of nitrogens with zero attached hydrogens (tertiary/aromatic N) is 4. The first-order valence-corrected chi connectivity index (χ1v) is 18.2. The molecule has 0 N–H and O–H groups in total. The van der Waals surface area contributed by atoms with Crippen LogP contribution in [0, 0.1) is 17.9 Å². The molecule has 0 aliphatic carbocycles. The van der Waals surface area contributed by atoms with E-state index in [1.54, 1.807) is 0 Å². The lowest BCUT2D eigenvalue weighted by Gasteiger charge is -2.18. The largest absolute Gasteiger partial charge is 0.455 e. The normalized spacial score (nSPS) is 11.6. The highest BCUT2D eigenvalue weighted by molar-refractivity contribution is 6.24. The zero-order chi connectivity index (χ0) is 36.6. The van der Waals surface area contributed by atoms with E-state index in [0.717, 1.165) is 88.4 Å². The lowest BCUT2D eigenvalue weighted by atomic mass is 9.96. The SMILES string of the molecule is [C-]#[N+]c1cc(-c2ccc(C#N)cc2)ccc1-c1ccc(-n2c3ccccc3c3c4oc5ccccc5c4ccc32)cc1-n1c2ccccc2c2ccccc21. The lowest BCUT2D eigenvalue weighted by molar-refractivity contribution is 0.673. The van der Waals surface area contributed by atoms with Crippen LogP contribution in [0.5, 0.6) is 0 Å². The van der Waals surface area contributed by atoms with Crippen molar-refractivity contribution in [3.05, 3.63) is 187 Å². The van der Waals surface area contributed by atoms with Gasteiger partial charge in [0.15, 0.2) is 5.69 Å². The molecule has 0 radical (unpaired) electrons. The molecule has 0 saturated heterocycles. The van der Waals surface area contributed by atoms with Crippen LogP contribution in [0.3, 0.4) is 0 Å². The summed E-state index contributed by atoms with van der Waals surface area (Å²) in [4.78, 5) is 4.09. The molecule has 0 spiro atoms. The molecule has 0 aliphatic rings. The van der Waals surface area contributed by atoms with Gasteiger partial charge in [-0.2, -0.15) is 5.26 Å². The van der Waals surface area contributed by atoms with Crippen molar-refractivity contribution in [2.75, 3.05) is 0 Å². The summed E-state index contributed by atoms with van der Waals surface area (Å²) in [5, 5.41) is 16.1. The van der Waals surface area contributed by atoms with Crippen molar-refractivity contribution in [1.82, 2.24) is 9.13 Å². The average Bonchev–Trinajstić information content (AvgIpc) is 3.91. The van der Waals surface area contributed by atoms with Gasteiger partial charge in [-0.1, -0.05) is 103 Å². The van der Waals surface area contributed by atoms with Crippen LogP contribution in [0.1, 0.15) is 5.56 Å². The third-order valence-corrected chi connectivity index (χ3v) is 11.0. The highest BCUT2D eigenvalue weighted by Gasteiger charge is 2.22. The maximum atomic E-state index is 9.34. The van der Waals surface area contributed by atoms with Crippen molar-refractivity contribution in [2.24, 2.45) is 0 Å². The van der Waals surface area contributed by atoms with Gasteiger partial charge in [-0.3, -0.25) is 0 Å². The molecule has 0 bridgehead atoms. The number of aromatic nitrogens is 2. The first-order chi connectivity index (χ1) is 27.2. The molecule has 0 saturated carbocycles. The number of para-hydroxylation sites is 4. The number of rotatable bonds is 4. The second-order valence-electron chi connectivity index (χ2n) is 13.9. The van der Waals surface area contributed by atoms with E-state index in [1.165, 1.54) is 10.8 Å². The molecular formula is C50H28N4O. The molecule has 5 heteroatoms. The maximum Gasteiger partial charge on any atom is 0.195 e. The van der Waals surface area contributed by atoms with E-state index in [0.29, 0.717) is 11.3 Å². The fourth-order valence-electron chi connectivity index (χ4n) is 8.54. The summed E-state index contributed by atoms with van der Waals surface area (Å²) < 4.78 is 11.3. The molecule has 0 aliphatic heterocycles. The van der Waals surface area contributed by atoms with Crippen LogP contribution in [0.25, 0.3) is 104 Å². The van der Waals surface area contributed by atoms with Gasteiger partial charge in [0.25, 0.3) is 0 Å². The van der Waals surface area contributed by atoms with E-state index in [9.17, 15) is 5.26 Å². The van der Waals surface area contributed by atoms with Gasteiger partial charge >= 0.3 is 0 Å². The number of fused-ring (bicyclic) bond motifs is 10. The van der Waals surface area contributed by atoms with Gasteiger partial charge in [0.1, 0.15) is 11.2 Å². The smallest absolute Gasteiger partial charge is 0.195 e. The second kappa shape index (κ2) is 11.8. The molecule has 3 heterocycles. The zero-order valence-corrected chi connectivity index (χ0v) is 29.4. The Morgan fingerprint density at radius 1 is 0.509 bits per heavy atom. The van der Waals surface area contributed by atoms with E-state index >= 15 is 0 Å². The molecule has 55 heavy (non-hydrogen) atoms. The Labute approximate surface area is 315 Å². The molecule has 254 valence electrons. The van der Waals surface area contributed by atoms with E-state index in [2.05, 4.69) is 147 Å². The molecule has 0 amide bonds. The van der Waals surface area contributed by atoms with Gasteiger partial charge in [0.2, 0.25) is 0 Å². The minimum absolute atomic E-state index is 0.556. The van der Waals surface area contributed by atoms with Crippen LogP contribution in [0.4, 0.5) is 5.69 Å². The Hall–Kier alpha value is -7.86. The van der Waals surface area contributed by atoms with Crippen molar-refractivity contribution in [2.45, 2.75) is 0 Å². The van der Waals surface area contributed by atoms with E-state index in [4.69, 9.17) is 11.0 Å². The van der Waals surface area contributed by atoms with Gasteiger partial charge < -0.3 is 13.6 Å². The molecule has 11 aromatic rings. The number of benzene rings is 8. The quantitative estimate of drug-likeness (QED) is 0.172. The first kappa shape index (κ1) is 30.7. The maximum absolute atomic E-state index is 9.34. The van der Waals surface area contributed by atoms with Gasteiger partial charge in [-0.25, -0.2) is 4.85 Å². The summed E-state index contributed by atoms with van der Waals surface area (Å²) in [6.45, 7) is 8.37. The summed E-state index contributed by atoms with van der Waals surface area (Å²) in [5.74, 6) is 0. The van der Waals surface area contributed by atoms with Crippen molar-refractivity contribution < 1.29 is 4.42 Å². The molecular weight excluding hydrogens is 673 g/mol. The third kappa shape index (κ3) is 4.51. The predicted octanol–water partition coefficient (Wildman–Crippen LogP) is 13.5. The summed E-state index contributed by atoms with van der Waals surface area (Å²) in [7, 11) is 0. The standard InChI is InChI=1S/C50H28N4O/c1-52-42-28-33(32-20-18-31(30-51)19-21-32)22-24-35(42)38-25-23-34(29-47(38)54-43-14-6-2-10-36(43)37-11-3-7-15-44(37)54)53-45-16-8-4-13-41(45)49-46(53)27-26-40-39-12-5-9-17-48(39)55-50(40)49/h2-29H. The van der Waals surface area contributed by atoms with Gasteiger partial charge in [0, 0.05) is 32.6 Å². The van der Waals surface area contributed by atoms with Gasteiger partial charge in [-0.05, 0) is 89.0 Å². The number of hydrogen-bond donors (Lipinski definition) is 0. The number of furan rings is 1. The first-order valence-electron chi connectivity index (χ1n) is 18.2. The monoisotopic (exact) mass is 700 g/mol. The number of hydrogen-bond acceptors (Lipinski definition) is 2. The molecule has 5 nitrogen and oxygen atoms in total. The zero-order valence-electron chi connectivity index (χ0n) is 29.4. The van der Waals surface area contributed by atoms with Crippen LogP contribution in [-0.4, -0.2) is 9.13 Å². The van der Waals surface area contributed by atoms with Crippen molar-refractivity contribution in [1.29, 1.82) is 5.26 Å². The fourth-order valence-corrected chi connectivity index (χ4v) is 8.54. The predicted molar refractivity (Wildman–Crippen MR) is 224 cm³/mol. The molecule has 0 atom stereocenters. The van der Waals surface area contributed by atoms with Crippen LogP contribution in [-0.2, 0) is 0 Å². The van der Waals surface area contributed by atoms with Crippen LogP contribution in [0.15, 0.2) is 174 Å². The molecule has 0 unspecified atom stereocenters. The van der Waals surface area contributed by atoms with E-state index in [-0.39, 0.29) is 0 Å². The van der Waals surface area contributed by atoms with Gasteiger partial charge in [-0.15, -0.1) is 0 Å². The summed E-state index contributed by atoms with van der Waals surface area (Å²) in [6.07, 6.45) is 0. The molecule has 0 fully saturated rings. The molecule has 11 rings (SSSR count). The van der Waals surface area contributed by atoms with Gasteiger partial charge in [0.05, 0.1) is 51.3 Å². The van der Waals surface area contributed by atoms with Crippen molar-refractivity contribution in [3.63, 3.8) is 0 Å². The third-order valence-electron chi connectivity index (χ3n) is 11.0. The average molecular weight is 701 g/mol. The minimum atomic E-state index is 0.556. The highest BCUT2D eigenvalue weighted by atomic mass is 16.3. The van der Waals surface area contributed by atoms with Crippen LogP contribution >= 0.6 is 0 Å². The fraction of sp³-hybridized carbons (Fsp3) is 0. The topological polar surface area (TPSA) is 51.1 Å². The number of nitriles is 1. The van der Waals surface area contributed by atoms with E-state index in [1.807, 2.05) is 42.5 Å². The molecule has 8 aromatic carbocycles. The Bertz CT molecular complexity index is 3400. The Balaban J connectivity index is 1.21. The summed E-state index contributed by atoms with van der Waals surface area (Å²) >= 11 is 0. The molecule has 3 aromatic heterocycles. The van der Waals surface area contributed by atoms with Crippen molar-refractivity contribution >= 4 is 71.2 Å². The summed E-state index contributed by atoms with van der Waals surface area (Å²) in [6, 6.07) is 60.6. The van der Waals surface area contributed by atoms with Crippen LogP contribution in [0.2, 0.25) is 0 Å². The Morgan fingerprint density at radius 2 is 1.13 bits per heavy atom. The summed E-state index contributed by atoms with van der Waals surface area (Å²) in [5.41, 5.74) is 12.9. The lowest BCUT2D eigenvalue weighted by Crippen LogP contribution is -2.01. The minimum Gasteiger partial charge on any atom is -0.455 e. The van der Waals surface area contributed by atoms with Crippen LogP contribution < -0.4 is 0 Å². The Kier molecular flexibility index (Phi) is 6.61. The Morgan fingerprint density at radius 3 is 1.84 bits per heavy atom. The van der Waals surface area contributed by atoms with E-state index < -0.39 is 0 Å². The van der Waals surface area contributed by atoms with Crippen molar-refractivity contribution in [3.8, 4) is 39.7 Å². The highest BCUT2D eigenvalue weighted by Crippen LogP contribution is 2.44.